The van der Waals surface area contributed by atoms with Crippen LogP contribution in [-0.2, 0) is 16.0 Å². The fourth-order valence-corrected chi connectivity index (χ4v) is 6.11. The average Bonchev–Trinajstić information content (AvgIpc) is 3.43. The van der Waals surface area contributed by atoms with Crippen molar-refractivity contribution in [3.63, 3.8) is 0 Å². The maximum Gasteiger partial charge on any atom is 0.254 e. The van der Waals surface area contributed by atoms with Gasteiger partial charge in [-0.3, -0.25) is 9.59 Å². The smallest absolute Gasteiger partial charge is 0.254 e. The van der Waals surface area contributed by atoms with Crippen molar-refractivity contribution >= 4 is 33.9 Å². The number of hydrogen-bond acceptors (Lipinski definition) is 4. The lowest BCUT2D eigenvalue weighted by Crippen LogP contribution is -2.47. The molecule has 0 bridgehead atoms. The van der Waals surface area contributed by atoms with Gasteiger partial charge in [-0.2, -0.15) is 0 Å². The number of ether oxygens (including phenoxy) is 1. The summed E-state index contributed by atoms with van der Waals surface area (Å²) in [6, 6.07) is 24.2. The zero-order chi connectivity index (χ0) is 26.5. The SMILES string of the molecule is CCOCCCN(CC(=O)N1CCc2sccc2C1c1ccc(C)cc1)C(=O)c1ccc2ccccc2c1. The Hall–Kier alpha value is -3.48. The number of rotatable bonds is 9. The molecule has 5 rings (SSSR count). The topological polar surface area (TPSA) is 49.9 Å². The molecular weight excluding hydrogens is 492 g/mol. The Bertz CT molecular complexity index is 1410. The van der Waals surface area contributed by atoms with E-state index in [9.17, 15) is 9.59 Å². The van der Waals surface area contributed by atoms with Crippen molar-refractivity contribution in [3.8, 4) is 0 Å². The molecular formula is C32H34N2O3S. The maximum absolute atomic E-state index is 13.9. The van der Waals surface area contributed by atoms with E-state index in [2.05, 4.69) is 42.6 Å². The Morgan fingerprint density at radius 1 is 1.03 bits per heavy atom. The third-order valence-corrected chi connectivity index (χ3v) is 8.21. The van der Waals surface area contributed by atoms with Crippen LogP contribution in [0.3, 0.4) is 0 Å². The second kappa shape index (κ2) is 11.9. The van der Waals surface area contributed by atoms with Gasteiger partial charge in [0.05, 0.1) is 6.04 Å². The lowest BCUT2D eigenvalue weighted by Gasteiger charge is -2.37. The number of aryl methyl sites for hydroxylation is 1. The molecule has 0 fully saturated rings. The molecule has 4 aromatic rings. The molecule has 0 saturated heterocycles. The molecule has 1 unspecified atom stereocenters. The van der Waals surface area contributed by atoms with Gasteiger partial charge in [0.1, 0.15) is 6.54 Å². The van der Waals surface area contributed by atoms with Crippen molar-refractivity contribution in [2.45, 2.75) is 32.7 Å². The van der Waals surface area contributed by atoms with Crippen LogP contribution >= 0.6 is 11.3 Å². The molecule has 5 nitrogen and oxygen atoms in total. The summed E-state index contributed by atoms with van der Waals surface area (Å²) in [5.74, 6) is -0.154. The molecule has 0 spiro atoms. The molecule has 6 heteroatoms. The highest BCUT2D eigenvalue weighted by Crippen LogP contribution is 2.38. The molecule has 0 radical (unpaired) electrons. The van der Waals surface area contributed by atoms with Crippen molar-refractivity contribution < 1.29 is 14.3 Å². The summed E-state index contributed by atoms with van der Waals surface area (Å²) in [7, 11) is 0. The molecule has 1 atom stereocenters. The van der Waals surface area contributed by atoms with Crippen molar-refractivity contribution in [2.24, 2.45) is 0 Å². The number of benzene rings is 3. The summed E-state index contributed by atoms with van der Waals surface area (Å²) in [6.07, 6.45) is 1.51. The van der Waals surface area contributed by atoms with Gasteiger partial charge in [-0.05, 0) is 72.2 Å². The predicted octanol–water partition coefficient (Wildman–Crippen LogP) is 6.25. The first-order valence-electron chi connectivity index (χ1n) is 13.3. The highest BCUT2D eigenvalue weighted by molar-refractivity contribution is 7.10. The number of fused-ring (bicyclic) bond motifs is 2. The van der Waals surface area contributed by atoms with Crippen LogP contribution < -0.4 is 0 Å². The molecule has 1 aromatic heterocycles. The lowest BCUT2D eigenvalue weighted by atomic mass is 9.92. The van der Waals surface area contributed by atoms with E-state index in [1.165, 1.54) is 16.0 Å². The van der Waals surface area contributed by atoms with Gasteiger partial charge in [0, 0.05) is 36.7 Å². The number of amides is 2. The van der Waals surface area contributed by atoms with E-state index in [1.54, 1.807) is 16.2 Å². The zero-order valence-electron chi connectivity index (χ0n) is 22.1. The van der Waals surface area contributed by atoms with Gasteiger partial charge in [-0.1, -0.05) is 60.2 Å². The number of thiophene rings is 1. The number of carbonyl (C=O) groups excluding carboxylic acids is 2. The number of nitrogens with zero attached hydrogens (tertiary/aromatic N) is 2. The maximum atomic E-state index is 13.9. The number of hydrogen-bond donors (Lipinski definition) is 0. The van der Waals surface area contributed by atoms with E-state index in [4.69, 9.17) is 4.74 Å². The molecule has 3 aromatic carbocycles. The zero-order valence-corrected chi connectivity index (χ0v) is 22.9. The normalized spacial score (nSPS) is 14.9. The largest absolute Gasteiger partial charge is 0.382 e. The first kappa shape index (κ1) is 26.1. The van der Waals surface area contributed by atoms with Crippen LogP contribution in [0.15, 0.2) is 78.2 Å². The summed E-state index contributed by atoms with van der Waals surface area (Å²) in [4.78, 5) is 32.7. The van der Waals surface area contributed by atoms with Crippen molar-refractivity contribution in [3.05, 3.63) is 105 Å². The van der Waals surface area contributed by atoms with Gasteiger partial charge in [0.25, 0.3) is 5.91 Å². The predicted molar refractivity (Wildman–Crippen MR) is 154 cm³/mol. The molecule has 0 saturated carbocycles. The van der Waals surface area contributed by atoms with Crippen molar-refractivity contribution in [1.82, 2.24) is 9.80 Å². The quantitative estimate of drug-likeness (QED) is 0.242. The van der Waals surface area contributed by atoms with Gasteiger partial charge >= 0.3 is 0 Å². The molecule has 1 aliphatic rings. The first-order valence-corrected chi connectivity index (χ1v) is 14.2. The van der Waals surface area contributed by atoms with Crippen LogP contribution in [0, 0.1) is 6.92 Å². The van der Waals surface area contributed by atoms with Gasteiger partial charge < -0.3 is 14.5 Å². The molecule has 1 aliphatic heterocycles. The summed E-state index contributed by atoms with van der Waals surface area (Å²) in [6.45, 7) is 6.36. The van der Waals surface area contributed by atoms with Crippen LogP contribution in [0.2, 0.25) is 0 Å². The van der Waals surface area contributed by atoms with Gasteiger partial charge in [0.15, 0.2) is 0 Å². The minimum absolute atomic E-state index is 0.0297. The fraction of sp³-hybridized carbons (Fsp3) is 0.312. The van der Waals surface area contributed by atoms with Gasteiger partial charge in [-0.15, -0.1) is 11.3 Å². The standard InChI is InChI=1S/C32H34N2O3S/c1-3-37-19-6-17-33(32(36)27-14-13-24-7-4-5-8-26(24)21-27)22-30(35)34-18-15-29-28(16-20-38-29)31(34)25-11-9-23(2)10-12-25/h4-5,7-14,16,20-21,31H,3,6,15,17-19,22H2,1-2H3. The molecule has 0 aliphatic carbocycles. The Morgan fingerprint density at radius 2 is 1.82 bits per heavy atom. The van der Waals surface area contributed by atoms with Crippen LogP contribution in [-0.4, -0.2) is 54.5 Å². The number of carbonyl (C=O) groups is 2. The summed E-state index contributed by atoms with van der Waals surface area (Å²) in [5, 5.41) is 4.21. The fourth-order valence-electron chi connectivity index (χ4n) is 5.21. The Morgan fingerprint density at radius 3 is 2.61 bits per heavy atom. The van der Waals surface area contributed by atoms with Crippen molar-refractivity contribution in [1.29, 1.82) is 0 Å². The Kier molecular flexibility index (Phi) is 8.20. The highest BCUT2D eigenvalue weighted by Gasteiger charge is 2.34. The van der Waals surface area contributed by atoms with Gasteiger partial charge in [-0.25, -0.2) is 0 Å². The summed E-state index contributed by atoms with van der Waals surface area (Å²) < 4.78 is 5.53. The van der Waals surface area contributed by atoms with Crippen LogP contribution in [0.4, 0.5) is 0 Å². The van der Waals surface area contributed by atoms with E-state index in [0.29, 0.717) is 38.3 Å². The third-order valence-electron chi connectivity index (χ3n) is 7.21. The summed E-state index contributed by atoms with van der Waals surface area (Å²) >= 11 is 1.76. The Labute approximate surface area is 228 Å². The van der Waals surface area contributed by atoms with Gasteiger partial charge in [0.2, 0.25) is 5.91 Å². The minimum Gasteiger partial charge on any atom is -0.382 e. The monoisotopic (exact) mass is 526 g/mol. The van der Waals surface area contributed by atoms with E-state index in [-0.39, 0.29) is 24.4 Å². The first-order chi connectivity index (χ1) is 18.5. The van der Waals surface area contributed by atoms with Crippen LogP contribution in [0.25, 0.3) is 10.8 Å². The van der Waals surface area contributed by atoms with E-state index < -0.39 is 0 Å². The van der Waals surface area contributed by atoms with E-state index >= 15 is 0 Å². The second-order valence-electron chi connectivity index (χ2n) is 9.79. The average molecular weight is 527 g/mol. The highest BCUT2D eigenvalue weighted by atomic mass is 32.1. The summed E-state index contributed by atoms with van der Waals surface area (Å²) in [5.41, 5.74) is 4.09. The lowest BCUT2D eigenvalue weighted by molar-refractivity contribution is -0.134. The molecule has 2 heterocycles. The van der Waals surface area contributed by atoms with Crippen LogP contribution in [0.5, 0.6) is 0 Å². The van der Waals surface area contributed by atoms with Crippen LogP contribution in [0.1, 0.15) is 51.3 Å². The molecule has 2 amide bonds. The van der Waals surface area contributed by atoms with Crippen molar-refractivity contribution in [2.75, 3.05) is 32.8 Å². The van der Waals surface area contributed by atoms with E-state index in [0.717, 1.165) is 22.8 Å². The van der Waals surface area contributed by atoms with E-state index in [1.807, 2.05) is 54.3 Å². The molecule has 38 heavy (non-hydrogen) atoms. The minimum atomic E-state index is -0.140. The third kappa shape index (κ3) is 5.66. The molecule has 196 valence electrons. The Balaban J connectivity index is 1.41. The molecule has 0 N–H and O–H groups in total. The second-order valence-corrected chi connectivity index (χ2v) is 10.8.